The number of hydrogen-bond donors (Lipinski definition) is 2. The Balaban J connectivity index is 0.000000760. The van der Waals surface area contributed by atoms with Gasteiger partial charge in [0.2, 0.25) is 11.9 Å². The summed E-state index contributed by atoms with van der Waals surface area (Å²) in [5, 5.41) is 18.2. The van der Waals surface area contributed by atoms with E-state index < -0.39 is 23.6 Å². The summed E-state index contributed by atoms with van der Waals surface area (Å²) in [7, 11) is 1.83. The summed E-state index contributed by atoms with van der Waals surface area (Å²) < 4.78 is 27.5. The number of hydrogen-bond acceptors (Lipinski definition) is 10. The van der Waals surface area contributed by atoms with E-state index in [1.807, 2.05) is 20.9 Å². The lowest BCUT2D eigenvalue weighted by molar-refractivity contribution is -0.132. The molecule has 59 heavy (non-hydrogen) atoms. The number of nitrogens with zero attached hydrogens (tertiary/aromatic N) is 5. The van der Waals surface area contributed by atoms with Gasteiger partial charge in [0.25, 0.3) is 0 Å². The summed E-state index contributed by atoms with van der Waals surface area (Å²) in [5.74, 6) is 2.11. The third-order valence-corrected chi connectivity index (χ3v) is 12.4. The minimum absolute atomic E-state index is 0.0314. The first kappa shape index (κ1) is 45.5. The van der Waals surface area contributed by atoms with Gasteiger partial charge in [-0.1, -0.05) is 67.4 Å². The molecule has 3 atom stereocenters. The molecule has 5 heterocycles. The molecule has 2 saturated heterocycles. The van der Waals surface area contributed by atoms with E-state index in [-0.39, 0.29) is 27.2 Å². The number of carbonyl (C=O) groups is 2. The number of carbonyl (C=O) groups excluding carboxylic acids is 2. The van der Waals surface area contributed by atoms with E-state index in [0.29, 0.717) is 54.7 Å². The van der Waals surface area contributed by atoms with Crippen LogP contribution < -0.4 is 15.5 Å². The number of aryl methyl sites for hydroxylation is 1. The molecule has 2 N–H and O–H groups in total. The third kappa shape index (κ3) is 9.60. The molecule has 0 saturated carbocycles. The zero-order valence-electron chi connectivity index (χ0n) is 37.2. The summed E-state index contributed by atoms with van der Waals surface area (Å²) in [5.41, 5.74) is 4.39. The van der Waals surface area contributed by atoms with E-state index in [4.69, 9.17) is 19.4 Å². The Kier molecular flexibility index (Phi) is 14.8. The van der Waals surface area contributed by atoms with Gasteiger partial charge in [-0.2, -0.15) is 10.2 Å². The van der Waals surface area contributed by atoms with Crippen LogP contribution in [-0.2, 0) is 33.9 Å². The number of amides is 2. The summed E-state index contributed by atoms with van der Waals surface area (Å²) in [6, 6.07) is 5.16. The minimum atomic E-state index is -0.759. The number of piperidine rings is 1. The molecule has 0 bridgehead atoms. The van der Waals surface area contributed by atoms with Crippen LogP contribution in [0.3, 0.4) is 0 Å². The van der Waals surface area contributed by atoms with E-state index in [9.17, 15) is 14.9 Å². The van der Waals surface area contributed by atoms with Crippen molar-refractivity contribution in [3.8, 4) is 17.2 Å². The lowest BCUT2D eigenvalue weighted by Gasteiger charge is -2.31. The van der Waals surface area contributed by atoms with Gasteiger partial charge in [-0.05, 0) is 99.1 Å². The van der Waals surface area contributed by atoms with Gasteiger partial charge in [-0.15, -0.1) is 11.3 Å². The van der Waals surface area contributed by atoms with Gasteiger partial charge in [-0.25, -0.2) is 14.2 Å². The Bertz CT molecular complexity index is 2210. The number of nitriles is 1. The molecule has 0 spiro atoms. The van der Waals surface area contributed by atoms with Crippen molar-refractivity contribution in [3.05, 3.63) is 40.2 Å². The topological polar surface area (TPSA) is 133 Å². The van der Waals surface area contributed by atoms with Gasteiger partial charge in [-0.3, -0.25) is 10.1 Å². The maximum atomic E-state index is 15.6. The average Bonchev–Trinajstić information content (AvgIpc) is 3.90. The average molecular weight is 830 g/mol. The van der Waals surface area contributed by atoms with Crippen LogP contribution in [0.25, 0.3) is 32.1 Å². The molecule has 7 rings (SSSR count). The first-order valence-corrected chi connectivity index (χ1v) is 22.3. The van der Waals surface area contributed by atoms with Crippen molar-refractivity contribution >= 4 is 61.1 Å². The highest BCUT2D eigenvalue weighted by atomic mass is 32.1. The third-order valence-electron chi connectivity index (χ3n) is 11.3. The molecule has 2 unspecified atom stereocenters. The fourth-order valence-corrected chi connectivity index (χ4v) is 9.36. The fraction of sp³-hybridized carbons (Fsp3) is 0.587. The molecule has 320 valence electrons. The number of ether oxygens (including phenoxy) is 2. The molecule has 2 fully saturated rings. The quantitative estimate of drug-likeness (QED) is 0.178. The van der Waals surface area contributed by atoms with Crippen molar-refractivity contribution in [2.75, 3.05) is 35.7 Å². The van der Waals surface area contributed by atoms with Gasteiger partial charge >= 0.3 is 6.09 Å². The summed E-state index contributed by atoms with van der Waals surface area (Å²) in [4.78, 5) is 40.6. The maximum absolute atomic E-state index is 15.6. The second-order valence-corrected chi connectivity index (χ2v) is 18.1. The Morgan fingerprint density at radius 1 is 1.10 bits per heavy atom. The largest absolute Gasteiger partial charge is 0.444 e. The molecule has 13 heteroatoms. The number of fused-ring (bicyclic) bond motifs is 4. The van der Waals surface area contributed by atoms with Crippen LogP contribution in [0.4, 0.5) is 26.0 Å². The molecule has 11 nitrogen and oxygen atoms in total. The number of nitrogens with one attached hydrogen (secondary N) is 2. The van der Waals surface area contributed by atoms with E-state index in [0.717, 1.165) is 76.3 Å². The van der Waals surface area contributed by atoms with Crippen molar-refractivity contribution in [1.82, 2.24) is 14.9 Å². The number of likely N-dealkylation sites (N-methyl/N-ethyl adjacent to an activating group) is 1. The summed E-state index contributed by atoms with van der Waals surface area (Å²) in [6.45, 7) is 24.6. The van der Waals surface area contributed by atoms with Crippen molar-refractivity contribution in [2.45, 2.75) is 146 Å². The summed E-state index contributed by atoms with van der Waals surface area (Å²) in [6.07, 6.45) is 5.15. The molecule has 2 amide bonds. The second kappa shape index (κ2) is 19.2. The highest BCUT2D eigenvalue weighted by Crippen LogP contribution is 2.49. The summed E-state index contributed by atoms with van der Waals surface area (Å²) >= 11 is 1.01. The standard InChI is InChI=1S/C38H44FN7O4S.C6H14.C2H6/c1-8-21-28(22-11-12-26(39)32-29(22)23(16-40)34(51-32)44-37(48)50-38(4,5)6)24-17-49-18-25(24)30-31(21)42-36(46-15-13-19(2)20(46)3)43-33(30)41-27-10-9-14-45(7)35(27)47;1-4-5-6(2)3;1-2/h11-12,19-20,27H,8-10,13-15,17-18H2,1-7H3,(H,44,48)(H,41,42,43);6H,4-5H2,1-3H3;1-2H3/t19?,20?,27-;;/m1../s1. The highest BCUT2D eigenvalue weighted by molar-refractivity contribution is 7.23. The van der Waals surface area contributed by atoms with Crippen LogP contribution in [0.15, 0.2) is 12.1 Å². The van der Waals surface area contributed by atoms with E-state index >= 15 is 4.39 Å². The van der Waals surface area contributed by atoms with Crippen LogP contribution in [0, 0.1) is 29.0 Å². The lowest BCUT2D eigenvalue weighted by Crippen LogP contribution is -2.45. The number of rotatable bonds is 8. The van der Waals surface area contributed by atoms with Gasteiger partial charge in [0.15, 0.2) is 0 Å². The van der Waals surface area contributed by atoms with Crippen LogP contribution in [0.1, 0.15) is 131 Å². The first-order valence-electron chi connectivity index (χ1n) is 21.5. The molecule has 0 radical (unpaired) electrons. The van der Waals surface area contributed by atoms with Gasteiger partial charge in [0, 0.05) is 37.0 Å². The van der Waals surface area contributed by atoms with E-state index in [2.05, 4.69) is 63.1 Å². The number of thiophene rings is 1. The van der Waals surface area contributed by atoms with Crippen molar-refractivity contribution < 1.29 is 23.5 Å². The van der Waals surface area contributed by atoms with Gasteiger partial charge in [0.1, 0.15) is 34.3 Å². The number of aromatic nitrogens is 2. The number of halogens is 1. The Morgan fingerprint density at radius 3 is 2.41 bits per heavy atom. The minimum Gasteiger partial charge on any atom is -0.444 e. The molecular formula is C46H64FN7O4S. The number of benzene rings is 2. The predicted molar refractivity (Wildman–Crippen MR) is 239 cm³/mol. The molecular weight excluding hydrogens is 766 g/mol. The zero-order chi connectivity index (χ0) is 43.3. The molecule has 4 aromatic rings. The van der Waals surface area contributed by atoms with Gasteiger partial charge in [0.05, 0.1) is 29.0 Å². The Hall–Kier alpha value is -4.54. The smallest absolute Gasteiger partial charge is 0.412 e. The molecule has 2 aromatic heterocycles. The van der Waals surface area contributed by atoms with Gasteiger partial charge < -0.3 is 24.6 Å². The SMILES string of the molecule is CC.CCCC(C)C.CCc1c(-c2ccc(F)c3sc(NC(=O)OC(C)(C)C)c(C#N)c23)c2c(c3c(N[C@@H]4CCCN(C)C4=O)nc(N4CCC(C)C4C)nc13)COC2. The number of anilines is 3. The van der Waals surface area contributed by atoms with Crippen molar-refractivity contribution in [3.63, 3.8) is 0 Å². The van der Waals surface area contributed by atoms with Crippen LogP contribution in [0.5, 0.6) is 0 Å². The highest BCUT2D eigenvalue weighted by Gasteiger charge is 2.35. The fourth-order valence-electron chi connectivity index (χ4n) is 8.29. The van der Waals surface area contributed by atoms with E-state index in [1.54, 1.807) is 31.7 Å². The first-order chi connectivity index (χ1) is 28.1. The zero-order valence-corrected chi connectivity index (χ0v) is 38.0. The molecule has 3 aliphatic rings. The maximum Gasteiger partial charge on any atom is 0.412 e. The van der Waals surface area contributed by atoms with Crippen LogP contribution in [-0.4, -0.2) is 64.7 Å². The normalized spacial score (nSPS) is 18.9. The predicted octanol–water partition coefficient (Wildman–Crippen LogP) is 11.2. The molecule has 2 aromatic carbocycles. The molecule has 0 aliphatic carbocycles. The van der Waals surface area contributed by atoms with Crippen LogP contribution in [0.2, 0.25) is 0 Å². The second-order valence-electron chi connectivity index (χ2n) is 17.1. The van der Waals surface area contributed by atoms with Crippen molar-refractivity contribution in [2.24, 2.45) is 11.8 Å². The monoisotopic (exact) mass is 829 g/mol. The molecule has 3 aliphatic heterocycles. The lowest BCUT2D eigenvalue weighted by atomic mass is 9.86. The van der Waals surface area contributed by atoms with Crippen molar-refractivity contribution in [1.29, 1.82) is 5.26 Å². The number of likely N-dealkylation sites (tertiary alicyclic amines) is 1. The van der Waals surface area contributed by atoms with E-state index in [1.165, 1.54) is 18.9 Å². The Morgan fingerprint density at radius 2 is 1.81 bits per heavy atom. The Labute approximate surface area is 354 Å². The van der Waals surface area contributed by atoms with Crippen LogP contribution >= 0.6 is 11.3 Å².